The van der Waals surface area contributed by atoms with Crippen molar-refractivity contribution < 1.29 is 14.6 Å². The van der Waals surface area contributed by atoms with Crippen LogP contribution in [0.5, 0.6) is 11.5 Å². The molecule has 0 aliphatic carbocycles. The second kappa shape index (κ2) is 6.16. The maximum Gasteiger partial charge on any atom is 0.310 e. The monoisotopic (exact) mass is 222 g/mol. The number of phenolic OH excluding ortho intramolecular Hbond substituents is 1. The Balaban J connectivity index is 2.76. The van der Waals surface area contributed by atoms with Gasteiger partial charge < -0.3 is 9.84 Å². The standard InChI is InChI=1S/C13H18O3/c1-3-5-6-10-9-11(7-8-12(10)14)16-13(15)4-2/h7-9,14H,3-6H2,1-2H3. The molecule has 0 unspecified atom stereocenters. The summed E-state index contributed by atoms with van der Waals surface area (Å²) < 4.78 is 5.09. The molecular formula is C13H18O3. The van der Waals surface area contributed by atoms with Crippen LogP contribution in [0.15, 0.2) is 18.2 Å². The van der Waals surface area contributed by atoms with E-state index in [4.69, 9.17) is 4.74 Å². The fraction of sp³-hybridized carbons (Fsp3) is 0.462. The van der Waals surface area contributed by atoms with Crippen LogP contribution in [0.2, 0.25) is 0 Å². The molecule has 1 aromatic rings. The van der Waals surface area contributed by atoms with E-state index in [9.17, 15) is 9.90 Å². The molecule has 0 aliphatic heterocycles. The van der Waals surface area contributed by atoms with E-state index < -0.39 is 0 Å². The normalized spacial score (nSPS) is 10.1. The highest BCUT2D eigenvalue weighted by Gasteiger charge is 2.06. The first-order valence-corrected chi connectivity index (χ1v) is 5.70. The summed E-state index contributed by atoms with van der Waals surface area (Å²) in [4.78, 5) is 11.1. The predicted molar refractivity (Wildman–Crippen MR) is 62.6 cm³/mol. The highest BCUT2D eigenvalue weighted by Crippen LogP contribution is 2.24. The highest BCUT2D eigenvalue weighted by atomic mass is 16.5. The summed E-state index contributed by atoms with van der Waals surface area (Å²) in [5.41, 5.74) is 0.836. The van der Waals surface area contributed by atoms with Crippen molar-refractivity contribution in [3.63, 3.8) is 0 Å². The van der Waals surface area contributed by atoms with Gasteiger partial charge in [-0.3, -0.25) is 4.79 Å². The van der Waals surface area contributed by atoms with Gasteiger partial charge >= 0.3 is 5.97 Å². The molecule has 88 valence electrons. The van der Waals surface area contributed by atoms with Crippen LogP contribution >= 0.6 is 0 Å². The molecule has 16 heavy (non-hydrogen) atoms. The van der Waals surface area contributed by atoms with Crippen LogP contribution in [0.3, 0.4) is 0 Å². The Kier molecular flexibility index (Phi) is 4.83. The number of aryl methyl sites for hydroxylation is 1. The van der Waals surface area contributed by atoms with Crippen molar-refractivity contribution in [1.82, 2.24) is 0 Å². The van der Waals surface area contributed by atoms with Crippen molar-refractivity contribution >= 4 is 5.97 Å². The molecule has 1 rings (SSSR count). The minimum atomic E-state index is -0.257. The van der Waals surface area contributed by atoms with Gasteiger partial charge in [0.15, 0.2) is 0 Å². The van der Waals surface area contributed by atoms with Crippen LogP contribution in [-0.2, 0) is 11.2 Å². The number of aromatic hydroxyl groups is 1. The van der Waals surface area contributed by atoms with E-state index in [1.165, 1.54) is 0 Å². The summed E-state index contributed by atoms with van der Waals surface area (Å²) >= 11 is 0. The second-order valence-corrected chi connectivity index (χ2v) is 3.72. The molecule has 3 nitrogen and oxygen atoms in total. The quantitative estimate of drug-likeness (QED) is 0.615. The van der Waals surface area contributed by atoms with Gasteiger partial charge in [0.05, 0.1) is 0 Å². The molecule has 0 radical (unpaired) electrons. The Bertz CT molecular complexity index is 358. The van der Waals surface area contributed by atoms with E-state index in [-0.39, 0.29) is 11.7 Å². The average Bonchev–Trinajstić information content (AvgIpc) is 2.29. The minimum absolute atomic E-state index is 0.257. The number of benzene rings is 1. The van der Waals surface area contributed by atoms with Gasteiger partial charge in [0.1, 0.15) is 11.5 Å². The Morgan fingerprint density at radius 1 is 1.38 bits per heavy atom. The molecule has 0 atom stereocenters. The van der Waals surface area contributed by atoms with E-state index in [1.54, 1.807) is 25.1 Å². The van der Waals surface area contributed by atoms with Gasteiger partial charge in [-0.2, -0.15) is 0 Å². The zero-order valence-corrected chi connectivity index (χ0v) is 9.82. The molecule has 0 fully saturated rings. The molecule has 1 N–H and O–H groups in total. The second-order valence-electron chi connectivity index (χ2n) is 3.72. The number of hydrogen-bond acceptors (Lipinski definition) is 3. The van der Waals surface area contributed by atoms with E-state index in [1.807, 2.05) is 0 Å². The third-order valence-corrected chi connectivity index (χ3v) is 2.37. The van der Waals surface area contributed by atoms with E-state index >= 15 is 0 Å². The molecular weight excluding hydrogens is 204 g/mol. The smallest absolute Gasteiger partial charge is 0.310 e. The lowest BCUT2D eigenvalue weighted by molar-refractivity contribution is -0.134. The maximum atomic E-state index is 11.1. The van der Waals surface area contributed by atoms with E-state index in [2.05, 4.69) is 6.92 Å². The van der Waals surface area contributed by atoms with Gasteiger partial charge in [-0.05, 0) is 36.6 Å². The molecule has 0 saturated carbocycles. The Morgan fingerprint density at radius 2 is 2.12 bits per heavy atom. The number of phenols is 1. The van der Waals surface area contributed by atoms with Crippen molar-refractivity contribution in [2.45, 2.75) is 39.5 Å². The Hall–Kier alpha value is -1.51. The van der Waals surface area contributed by atoms with Crippen LogP contribution in [0, 0.1) is 0 Å². The highest BCUT2D eigenvalue weighted by molar-refractivity contribution is 5.72. The number of unbranched alkanes of at least 4 members (excludes halogenated alkanes) is 1. The van der Waals surface area contributed by atoms with Crippen LogP contribution < -0.4 is 4.74 Å². The van der Waals surface area contributed by atoms with Crippen LogP contribution in [0.25, 0.3) is 0 Å². The number of ether oxygens (including phenoxy) is 1. The molecule has 0 spiro atoms. The predicted octanol–water partition coefficient (Wildman–Crippen LogP) is 3.05. The molecule has 0 amide bonds. The molecule has 0 bridgehead atoms. The van der Waals surface area contributed by atoms with Gasteiger partial charge in [0, 0.05) is 6.42 Å². The lowest BCUT2D eigenvalue weighted by Crippen LogP contribution is -2.05. The number of esters is 1. The first-order valence-electron chi connectivity index (χ1n) is 5.70. The molecule has 0 heterocycles. The summed E-state index contributed by atoms with van der Waals surface area (Å²) in [5.74, 6) is 0.521. The lowest BCUT2D eigenvalue weighted by Gasteiger charge is -2.07. The topological polar surface area (TPSA) is 46.5 Å². The summed E-state index contributed by atoms with van der Waals surface area (Å²) in [7, 11) is 0. The molecule has 1 aromatic carbocycles. The molecule has 0 aromatic heterocycles. The summed E-state index contributed by atoms with van der Waals surface area (Å²) in [6.07, 6.45) is 3.24. The third-order valence-electron chi connectivity index (χ3n) is 2.37. The first kappa shape index (κ1) is 12.6. The number of carbonyl (C=O) groups is 1. The Labute approximate surface area is 96.1 Å². The average molecular weight is 222 g/mol. The molecule has 3 heteroatoms. The first-order chi connectivity index (χ1) is 7.67. The lowest BCUT2D eigenvalue weighted by atomic mass is 10.1. The van der Waals surface area contributed by atoms with Crippen LogP contribution in [0.4, 0.5) is 0 Å². The summed E-state index contributed by atoms with van der Waals surface area (Å²) in [5, 5.41) is 9.61. The third kappa shape index (κ3) is 3.57. The van der Waals surface area contributed by atoms with Crippen molar-refractivity contribution in [1.29, 1.82) is 0 Å². The zero-order chi connectivity index (χ0) is 12.0. The largest absolute Gasteiger partial charge is 0.508 e. The number of carbonyl (C=O) groups excluding carboxylic acids is 1. The van der Waals surface area contributed by atoms with Crippen LogP contribution in [0.1, 0.15) is 38.7 Å². The van der Waals surface area contributed by atoms with Gasteiger partial charge in [-0.1, -0.05) is 20.3 Å². The van der Waals surface area contributed by atoms with Crippen LogP contribution in [-0.4, -0.2) is 11.1 Å². The van der Waals surface area contributed by atoms with Gasteiger partial charge in [0.2, 0.25) is 0 Å². The fourth-order valence-corrected chi connectivity index (χ4v) is 1.40. The zero-order valence-electron chi connectivity index (χ0n) is 9.82. The minimum Gasteiger partial charge on any atom is -0.508 e. The number of rotatable bonds is 5. The van der Waals surface area contributed by atoms with E-state index in [0.717, 1.165) is 24.8 Å². The van der Waals surface area contributed by atoms with Gasteiger partial charge in [-0.15, -0.1) is 0 Å². The Morgan fingerprint density at radius 3 is 2.75 bits per heavy atom. The fourth-order valence-electron chi connectivity index (χ4n) is 1.40. The molecule has 0 aliphatic rings. The van der Waals surface area contributed by atoms with Crippen molar-refractivity contribution in [2.75, 3.05) is 0 Å². The maximum absolute atomic E-state index is 11.1. The van der Waals surface area contributed by atoms with Gasteiger partial charge in [-0.25, -0.2) is 0 Å². The van der Waals surface area contributed by atoms with E-state index in [0.29, 0.717) is 12.2 Å². The van der Waals surface area contributed by atoms with Gasteiger partial charge in [0.25, 0.3) is 0 Å². The number of hydrogen-bond donors (Lipinski definition) is 1. The SMILES string of the molecule is CCCCc1cc(OC(=O)CC)ccc1O. The summed E-state index contributed by atoms with van der Waals surface area (Å²) in [6, 6.07) is 4.92. The van der Waals surface area contributed by atoms with Crippen molar-refractivity contribution in [3.8, 4) is 11.5 Å². The van der Waals surface area contributed by atoms with Crippen molar-refractivity contribution in [3.05, 3.63) is 23.8 Å². The summed E-state index contributed by atoms with van der Waals surface area (Å²) in [6.45, 7) is 3.85. The van der Waals surface area contributed by atoms with Crippen molar-refractivity contribution in [2.24, 2.45) is 0 Å². The molecule has 0 saturated heterocycles.